The number of anilines is 1. The van der Waals surface area contributed by atoms with E-state index in [-0.39, 0.29) is 0 Å². The van der Waals surface area contributed by atoms with Gasteiger partial charge < -0.3 is 9.47 Å². The highest BCUT2D eigenvalue weighted by atomic mass is 32.1. The molecule has 3 aromatic rings. The van der Waals surface area contributed by atoms with E-state index < -0.39 is 0 Å². The number of hydrogen-bond donors (Lipinski definition) is 0. The molecule has 1 heterocycles. The molecule has 2 aromatic carbocycles. The number of para-hydroxylation sites is 3. The molecule has 24 heavy (non-hydrogen) atoms. The molecule has 0 N–H and O–H groups in total. The number of fused-ring (bicyclic) bond motifs is 1. The lowest BCUT2D eigenvalue weighted by molar-refractivity contribution is 0.701. The summed E-state index contributed by atoms with van der Waals surface area (Å²) in [4.78, 5) is 7.35. The van der Waals surface area contributed by atoms with Crippen LogP contribution in [0.5, 0.6) is 0 Å². The molecular weight excluding hydrogens is 318 g/mol. The van der Waals surface area contributed by atoms with E-state index in [1.54, 1.807) is 0 Å². The van der Waals surface area contributed by atoms with Gasteiger partial charge in [0.05, 0.1) is 11.0 Å². The van der Waals surface area contributed by atoms with Crippen LogP contribution in [0.4, 0.5) is 5.69 Å². The fraction of sp³-hybridized carbons (Fsp3) is 0.158. The maximum atomic E-state index is 12.0. The average molecular weight is 337 g/mol. The number of imidazole rings is 1. The summed E-state index contributed by atoms with van der Waals surface area (Å²) >= 11 is 0.485. The SMILES string of the molecule is C=CCn1c(C(=S=O)c2ccccc2N(C)C)nc2ccccc21. The minimum atomic E-state index is 0.485. The Bertz CT molecular complexity index is 952. The third-order valence-corrected chi connectivity index (χ3v) is 4.45. The number of rotatable bonds is 5. The molecule has 0 bridgehead atoms. The Labute approximate surface area is 145 Å². The molecule has 5 heteroatoms. The number of benzene rings is 2. The molecule has 0 atom stereocenters. The molecule has 0 amide bonds. The van der Waals surface area contributed by atoms with Gasteiger partial charge in [-0.2, -0.15) is 0 Å². The Kier molecular flexibility index (Phi) is 4.62. The number of aromatic nitrogens is 2. The van der Waals surface area contributed by atoms with Gasteiger partial charge in [-0.3, -0.25) is 0 Å². The van der Waals surface area contributed by atoms with Gasteiger partial charge in [0.15, 0.2) is 5.82 Å². The lowest BCUT2D eigenvalue weighted by Crippen LogP contribution is -2.17. The molecule has 0 saturated carbocycles. The summed E-state index contributed by atoms with van der Waals surface area (Å²) in [7, 11) is 3.94. The smallest absolute Gasteiger partial charge is 0.155 e. The van der Waals surface area contributed by atoms with E-state index in [9.17, 15) is 4.21 Å². The van der Waals surface area contributed by atoms with Crippen molar-refractivity contribution in [1.29, 1.82) is 0 Å². The fourth-order valence-electron chi connectivity index (χ4n) is 2.82. The van der Waals surface area contributed by atoms with Crippen LogP contribution in [0, 0.1) is 0 Å². The molecule has 0 unspecified atom stereocenters. The summed E-state index contributed by atoms with van der Waals surface area (Å²) in [5.41, 5.74) is 3.76. The van der Waals surface area contributed by atoms with Crippen LogP contribution >= 0.6 is 0 Å². The van der Waals surface area contributed by atoms with E-state index in [4.69, 9.17) is 4.98 Å². The first-order chi connectivity index (χ1) is 11.7. The van der Waals surface area contributed by atoms with Gasteiger partial charge in [-0.15, -0.1) is 6.58 Å². The van der Waals surface area contributed by atoms with Gasteiger partial charge in [0.2, 0.25) is 0 Å². The highest BCUT2D eigenvalue weighted by Crippen LogP contribution is 2.24. The van der Waals surface area contributed by atoms with Crippen molar-refractivity contribution in [3.63, 3.8) is 0 Å². The second kappa shape index (κ2) is 6.84. The molecule has 0 aliphatic carbocycles. The lowest BCUT2D eigenvalue weighted by atomic mass is 10.1. The van der Waals surface area contributed by atoms with Crippen molar-refractivity contribution in [2.45, 2.75) is 6.54 Å². The topological polar surface area (TPSA) is 38.1 Å². The Hall–Kier alpha value is -2.66. The van der Waals surface area contributed by atoms with Gasteiger partial charge >= 0.3 is 0 Å². The summed E-state index contributed by atoms with van der Waals surface area (Å²) in [6, 6.07) is 15.8. The summed E-state index contributed by atoms with van der Waals surface area (Å²) < 4.78 is 14.1. The van der Waals surface area contributed by atoms with Crippen molar-refractivity contribution in [1.82, 2.24) is 9.55 Å². The molecule has 0 aliphatic rings. The van der Waals surface area contributed by atoms with Crippen LogP contribution in [-0.2, 0) is 17.8 Å². The van der Waals surface area contributed by atoms with Crippen molar-refractivity contribution in [2.75, 3.05) is 19.0 Å². The Morgan fingerprint density at radius 2 is 1.92 bits per heavy atom. The molecule has 0 fully saturated rings. The van der Waals surface area contributed by atoms with Gasteiger partial charge in [-0.25, -0.2) is 9.19 Å². The Balaban J connectivity index is 2.27. The van der Waals surface area contributed by atoms with Gasteiger partial charge in [-0.1, -0.05) is 36.4 Å². The lowest BCUT2D eigenvalue weighted by Gasteiger charge is -2.17. The Morgan fingerprint density at radius 1 is 1.21 bits per heavy atom. The van der Waals surface area contributed by atoms with Crippen LogP contribution in [0.3, 0.4) is 0 Å². The number of nitrogens with zero attached hydrogens (tertiary/aromatic N) is 3. The minimum Gasteiger partial charge on any atom is -0.377 e. The molecule has 3 rings (SSSR count). The molecule has 0 spiro atoms. The largest absolute Gasteiger partial charge is 0.377 e. The Morgan fingerprint density at radius 3 is 2.62 bits per heavy atom. The quantitative estimate of drug-likeness (QED) is 0.408. The predicted molar refractivity (Wildman–Crippen MR) is 102 cm³/mol. The third kappa shape index (κ3) is 2.78. The summed E-state index contributed by atoms with van der Waals surface area (Å²) in [6.45, 7) is 4.44. The van der Waals surface area contributed by atoms with Gasteiger partial charge in [0, 0.05) is 31.9 Å². The van der Waals surface area contributed by atoms with Crippen molar-refractivity contribution >= 4 is 32.8 Å². The predicted octanol–water partition coefficient (Wildman–Crippen LogP) is 3.07. The first kappa shape index (κ1) is 16.2. The van der Waals surface area contributed by atoms with Crippen molar-refractivity contribution in [3.05, 3.63) is 72.6 Å². The van der Waals surface area contributed by atoms with Crippen LogP contribution in [-0.4, -0.2) is 32.7 Å². The van der Waals surface area contributed by atoms with Crippen LogP contribution in [0.25, 0.3) is 11.0 Å². The zero-order valence-corrected chi connectivity index (χ0v) is 14.6. The van der Waals surface area contributed by atoms with Gasteiger partial charge in [-0.05, 0) is 18.2 Å². The fourth-order valence-corrected chi connectivity index (χ4v) is 3.31. The van der Waals surface area contributed by atoms with Crippen molar-refractivity contribution in [3.8, 4) is 0 Å². The molecule has 4 nitrogen and oxygen atoms in total. The van der Waals surface area contributed by atoms with E-state index in [1.165, 1.54) is 0 Å². The molecular formula is C19H19N3OS. The van der Waals surface area contributed by atoms with E-state index in [2.05, 4.69) is 6.58 Å². The molecule has 0 radical (unpaired) electrons. The van der Waals surface area contributed by atoms with E-state index in [0.29, 0.717) is 28.5 Å². The van der Waals surface area contributed by atoms with E-state index in [1.807, 2.05) is 78.2 Å². The summed E-state index contributed by atoms with van der Waals surface area (Å²) in [5, 5.41) is 0. The normalized spacial score (nSPS) is 10.6. The minimum absolute atomic E-state index is 0.485. The summed E-state index contributed by atoms with van der Waals surface area (Å²) in [6.07, 6.45) is 1.82. The monoisotopic (exact) mass is 337 g/mol. The second-order valence-electron chi connectivity index (χ2n) is 5.65. The first-order valence-corrected chi connectivity index (χ1v) is 8.41. The van der Waals surface area contributed by atoms with Crippen LogP contribution in [0.2, 0.25) is 0 Å². The first-order valence-electron chi connectivity index (χ1n) is 7.67. The van der Waals surface area contributed by atoms with E-state index in [0.717, 1.165) is 22.3 Å². The summed E-state index contributed by atoms with van der Waals surface area (Å²) in [5.74, 6) is 0.686. The van der Waals surface area contributed by atoms with Crippen LogP contribution in [0.1, 0.15) is 11.4 Å². The maximum absolute atomic E-state index is 12.0. The molecule has 0 aliphatic heterocycles. The number of allylic oxidation sites excluding steroid dienone is 1. The highest BCUT2D eigenvalue weighted by molar-refractivity contribution is 7.67. The standard InChI is InChI=1S/C19H19N3OS/c1-4-13-22-17-12-8-6-10-15(17)20-19(22)18(24-23)14-9-5-7-11-16(14)21(2)3/h4-12H,1,13H2,2-3H3. The van der Waals surface area contributed by atoms with Crippen LogP contribution < -0.4 is 4.90 Å². The zero-order chi connectivity index (χ0) is 17.1. The highest BCUT2D eigenvalue weighted by Gasteiger charge is 2.19. The number of hydrogen-bond acceptors (Lipinski definition) is 3. The second-order valence-corrected chi connectivity index (χ2v) is 6.22. The van der Waals surface area contributed by atoms with Gasteiger partial charge in [0.25, 0.3) is 0 Å². The maximum Gasteiger partial charge on any atom is 0.155 e. The molecule has 1 aromatic heterocycles. The van der Waals surface area contributed by atoms with Gasteiger partial charge in [0.1, 0.15) is 16.1 Å². The average Bonchev–Trinajstić information content (AvgIpc) is 2.95. The van der Waals surface area contributed by atoms with Crippen molar-refractivity contribution in [2.24, 2.45) is 0 Å². The van der Waals surface area contributed by atoms with Crippen molar-refractivity contribution < 1.29 is 4.21 Å². The molecule has 122 valence electrons. The zero-order valence-electron chi connectivity index (χ0n) is 13.8. The molecule has 0 saturated heterocycles. The van der Waals surface area contributed by atoms with Crippen LogP contribution in [0.15, 0.2) is 61.2 Å². The third-order valence-electron chi connectivity index (χ3n) is 3.88. The van der Waals surface area contributed by atoms with E-state index >= 15 is 0 Å².